The summed E-state index contributed by atoms with van der Waals surface area (Å²) in [5.74, 6) is -1.26. The average molecular weight is 327 g/mol. The third kappa shape index (κ3) is 4.20. The number of aliphatic hydroxyl groups is 1. The summed E-state index contributed by atoms with van der Waals surface area (Å²) in [5.41, 5.74) is -1.13. The standard InChI is InChI=1S/C15H25N3O5/c1-17-6-3-11(14(17)21)13(20)16-9-15(22)5-7-18(10-15)12(19)4-8-23-2/h11,22H,3-10H2,1-2H3,(H,16,20). The number of hydrogen-bond acceptors (Lipinski definition) is 5. The number of methoxy groups -OCH3 is 1. The summed E-state index contributed by atoms with van der Waals surface area (Å²) in [6.45, 7) is 1.62. The third-order valence-electron chi connectivity index (χ3n) is 4.54. The van der Waals surface area contributed by atoms with Crippen LogP contribution in [0.2, 0.25) is 0 Å². The Hall–Kier alpha value is -1.67. The Kier molecular flexibility index (Phi) is 5.59. The number of nitrogens with zero attached hydrogens (tertiary/aromatic N) is 2. The second-order valence-electron chi connectivity index (χ2n) is 6.35. The molecule has 0 saturated carbocycles. The smallest absolute Gasteiger partial charge is 0.234 e. The van der Waals surface area contributed by atoms with Crippen LogP contribution in [0.15, 0.2) is 0 Å². The molecule has 2 fully saturated rings. The summed E-state index contributed by atoms with van der Waals surface area (Å²) < 4.78 is 4.88. The van der Waals surface area contributed by atoms with Crippen molar-refractivity contribution in [2.75, 3.05) is 46.9 Å². The molecule has 3 amide bonds. The lowest BCUT2D eigenvalue weighted by Crippen LogP contribution is -2.47. The molecule has 2 atom stereocenters. The molecule has 0 aromatic carbocycles. The topological polar surface area (TPSA) is 99.2 Å². The van der Waals surface area contributed by atoms with Crippen molar-refractivity contribution >= 4 is 17.7 Å². The summed E-state index contributed by atoms with van der Waals surface area (Å²) >= 11 is 0. The summed E-state index contributed by atoms with van der Waals surface area (Å²) in [4.78, 5) is 38.9. The average Bonchev–Trinajstić information content (AvgIpc) is 3.07. The van der Waals surface area contributed by atoms with Gasteiger partial charge in [0.2, 0.25) is 17.7 Å². The highest BCUT2D eigenvalue weighted by Crippen LogP contribution is 2.22. The number of carbonyl (C=O) groups is 3. The van der Waals surface area contributed by atoms with E-state index in [4.69, 9.17) is 4.74 Å². The summed E-state index contributed by atoms with van der Waals surface area (Å²) in [6, 6.07) is 0. The number of carbonyl (C=O) groups excluding carboxylic acids is 3. The fourth-order valence-electron chi connectivity index (χ4n) is 3.00. The molecule has 0 aromatic rings. The zero-order valence-corrected chi connectivity index (χ0v) is 13.7. The Morgan fingerprint density at radius 3 is 2.78 bits per heavy atom. The van der Waals surface area contributed by atoms with Crippen LogP contribution in [0.1, 0.15) is 19.3 Å². The van der Waals surface area contributed by atoms with Gasteiger partial charge in [-0.05, 0) is 12.8 Å². The maximum atomic E-state index is 12.1. The fourth-order valence-corrected chi connectivity index (χ4v) is 3.00. The van der Waals surface area contributed by atoms with Crippen molar-refractivity contribution in [2.45, 2.75) is 24.9 Å². The van der Waals surface area contributed by atoms with Gasteiger partial charge in [0.1, 0.15) is 11.5 Å². The minimum atomic E-state index is -1.13. The predicted octanol–water partition coefficient (Wildman–Crippen LogP) is -1.42. The molecule has 2 aliphatic heterocycles. The van der Waals surface area contributed by atoms with Crippen LogP contribution in [0.5, 0.6) is 0 Å². The monoisotopic (exact) mass is 327 g/mol. The van der Waals surface area contributed by atoms with E-state index in [0.29, 0.717) is 32.5 Å². The van der Waals surface area contributed by atoms with Crippen molar-refractivity contribution in [2.24, 2.45) is 5.92 Å². The van der Waals surface area contributed by atoms with E-state index < -0.39 is 11.5 Å². The van der Waals surface area contributed by atoms with Crippen LogP contribution in [0.3, 0.4) is 0 Å². The van der Waals surface area contributed by atoms with E-state index in [1.54, 1.807) is 11.9 Å². The van der Waals surface area contributed by atoms with Crippen LogP contribution in [0, 0.1) is 5.92 Å². The first-order valence-corrected chi connectivity index (χ1v) is 7.88. The minimum Gasteiger partial charge on any atom is -0.386 e. The summed E-state index contributed by atoms with van der Waals surface area (Å²) in [5, 5.41) is 13.2. The highest BCUT2D eigenvalue weighted by Gasteiger charge is 2.40. The molecule has 23 heavy (non-hydrogen) atoms. The molecule has 2 saturated heterocycles. The molecule has 0 aromatic heterocycles. The van der Waals surface area contributed by atoms with Gasteiger partial charge in [0.05, 0.1) is 19.6 Å². The fraction of sp³-hybridized carbons (Fsp3) is 0.800. The minimum absolute atomic E-state index is 0.0490. The number of likely N-dealkylation sites (tertiary alicyclic amines) is 2. The third-order valence-corrected chi connectivity index (χ3v) is 4.54. The number of β-amino-alcohol motifs (C(OH)–C–C–N with tert-alkyl or cyclic N) is 1. The van der Waals surface area contributed by atoms with Crippen molar-refractivity contribution in [3.05, 3.63) is 0 Å². The zero-order chi connectivity index (χ0) is 17.0. The van der Waals surface area contributed by atoms with E-state index in [-0.39, 0.29) is 37.2 Å². The van der Waals surface area contributed by atoms with Crippen molar-refractivity contribution in [1.82, 2.24) is 15.1 Å². The molecular weight excluding hydrogens is 302 g/mol. The lowest BCUT2D eigenvalue weighted by atomic mass is 10.0. The Bertz CT molecular complexity index is 484. The molecule has 0 radical (unpaired) electrons. The van der Waals surface area contributed by atoms with Crippen LogP contribution >= 0.6 is 0 Å². The highest BCUT2D eigenvalue weighted by atomic mass is 16.5. The summed E-state index contributed by atoms with van der Waals surface area (Å²) in [6.07, 6.45) is 1.19. The van der Waals surface area contributed by atoms with E-state index in [2.05, 4.69) is 5.32 Å². The lowest BCUT2D eigenvalue weighted by Gasteiger charge is -2.24. The van der Waals surface area contributed by atoms with E-state index in [0.717, 1.165) is 0 Å². The summed E-state index contributed by atoms with van der Waals surface area (Å²) in [7, 11) is 3.20. The van der Waals surface area contributed by atoms with Gasteiger partial charge in [0, 0.05) is 33.8 Å². The van der Waals surface area contributed by atoms with Crippen LogP contribution < -0.4 is 5.32 Å². The van der Waals surface area contributed by atoms with Crippen LogP contribution in [-0.4, -0.2) is 85.2 Å². The van der Waals surface area contributed by atoms with E-state index in [1.807, 2.05) is 0 Å². The number of rotatable bonds is 6. The Morgan fingerprint density at radius 1 is 1.43 bits per heavy atom. The molecule has 0 bridgehead atoms. The van der Waals surface area contributed by atoms with Crippen LogP contribution in [-0.2, 0) is 19.1 Å². The molecular formula is C15H25N3O5. The van der Waals surface area contributed by atoms with Gasteiger partial charge >= 0.3 is 0 Å². The van der Waals surface area contributed by atoms with Gasteiger partial charge in [-0.15, -0.1) is 0 Å². The normalized spacial score (nSPS) is 27.6. The van der Waals surface area contributed by atoms with Gasteiger partial charge in [-0.1, -0.05) is 0 Å². The predicted molar refractivity (Wildman–Crippen MR) is 81.4 cm³/mol. The molecule has 2 aliphatic rings. The van der Waals surface area contributed by atoms with Gasteiger partial charge < -0.3 is 25.0 Å². The number of hydrogen-bond donors (Lipinski definition) is 2. The Balaban J connectivity index is 1.80. The van der Waals surface area contributed by atoms with E-state index >= 15 is 0 Å². The Labute approximate surface area is 135 Å². The van der Waals surface area contributed by atoms with Crippen molar-refractivity contribution in [1.29, 1.82) is 0 Å². The number of nitrogens with one attached hydrogen (secondary N) is 1. The second-order valence-corrected chi connectivity index (χ2v) is 6.35. The number of amides is 3. The maximum Gasteiger partial charge on any atom is 0.234 e. The SMILES string of the molecule is COCCC(=O)N1CCC(O)(CNC(=O)C2CCN(C)C2=O)C1. The van der Waals surface area contributed by atoms with Gasteiger partial charge in [-0.2, -0.15) is 0 Å². The molecule has 2 N–H and O–H groups in total. The van der Waals surface area contributed by atoms with Gasteiger partial charge in [0.15, 0.2) is 0 Å². The molecule has 8 nitrogen and oxygen atoms in total. The van der Waals surface area contributed by atoms with Crippen LogP contribution in [0.25, 0.3) is 0 Å². The first kappa shape index (κ1) is 17.7. The highest BCUT2D eigenvalue weighted by molar-refractivity contribution is 6.01. The molecule has 0 aliphatic carbocycles. The molecule has 2 heterocycles. The largest absolute Gasteiger partial charge is 0.386 e. The quantitative estimate of drug-likeness (QED) is 0.584. The maximum absolute atomic E-state index is 12.1. The van der Waals surface area contributed by atoms with Crippen molar-refractivity contribution in [3.63, 3.8) is 0 Å². The van der Waals surface area contributed by atoms with E-state index in [9.17, 15) is 19.5 Å². The van der Waals surface area contributed by atoms with Crippen LogP contribution in [0.4, 0.5) is 0 Å². The Morgan fingerprint density at radius 2 is 2.17 bits per heavy atom. The van der Waals surface area contributed by atoms with Gasteiger partial charge in [-0.25, -0.2) is 0 Å². The lowest BCUT2D eigenvalue weighted by molar-refractivity contribution is -0.137. The van der Waals surface area contributed by atoms with Crippen molar-refractivity contribution < 1.29 is 24.2 Å². The zero-order valence-electron chi connectivity index (χ0n) is 13.7. The van der Waals surface area contributed by atoms with Gasteiger partial charge in [0.25, 0.3) is 0 Å². The first-order chi connectivity index (χ1) is 10.9. The molecule has 2 unspecified atom stereocenters. The molecule has 130 valence electrons. The number of ether oxygens (including phenoxy) is 1. The first-order valence-electron chi connectivity index (χ1n) is 7.88. The van der Waals surface area contributed by atoms with Gasteiger partial charge in [-0.3, -0.25) is 14.4 Å². The van der Waals surface area contributed by atoms with E-state index in [1.165, 1.54) is 12.0 Å². The molecule has 8 heteroatoms. The van der Waals surface area contributed by atoms with Crippen molar-refractivity contribution in [3.8, 4) is 0 Å². The molecule has 2 rings (SSSR count). The molecule has 0 spiro atoms. The second kappa shape index (κ2) is 7.27.